The van der Waals surface area contributed by atoms with Crippen molar-refractivity contribution in [2.45, 2.75) is 18.8 Å². The zero-order chi connectivity index (χ0) is 19.0. The fourth-order valence-corrected chi connectivity index (χ4v) is 3.40. The lowest BCUT2D eigenvalue weighted by molar-refractivity contribution is 0.129. The first-order valence-corrected chi connectivity index (χ1v) is 8.63. The molecule has 0 radical (unpaired) electrons. The molecule has 1 amide bonds. The highest BCUT2D eigenvalue weighted by Gasteiger charge is 2.26. The highest BCUT2D eigenvalue weighted by atomic mass is 19.1. The van der Waals surface area contributed by atoms with Crippen LogP contribution in [0.2, 0.25) is 0 Å². The molecule has 1 aromatic heterocycles. The van der Waals surface area contributed by atoms with Crippen LogP contribution in [0, 0.1) is 17.1 Å². The van der Waals surface area contributed by atoms with Gasteiger partial charge in [-0.2, -0.15) is 5.26 Å². The van der Waals surface area contributed by atoms with Gasteiger partial charge in [0.05, 0.1) is 5.56 Å². The van der Waals surface area contributed by atoms with Crippen LogP contribution in [0.5, 0.6) is 0 Å². The van der Waals surface area contributed by atoms with Crippen LogP contribution in [0.4, 0.5) is 9.18 Å². The van der Waals surface area contributed by atoms with E-state index in [4.69, 9.17) is 14.8 Å². The summed E-state index contributed by atoms with van der Waals surface area (Å²) in [6.45, 7) is 0.934. The van der Waals surface area contributed by atoms with Crippen LogP contribution < -0.4 is 0 Å². The maximum absolute atomic E-state index is 13.9. The van der Waals surface area contributed by atoms with Crippen molar-refractivity contribution in [1.29, 1.82) is 5.26 Å². The normalized spacial score (nSPS) is 15.0. The van der Waals surface area contributed by atoms with Crippen LogP contribution >= 0.6 is 0 Å². The van der Waals surface area contributed by atoms with Gasteiger partial charge in [0, 0.05) is 19.0 Å². The molecule has 1 aliphatic heterocycles. The fraction of sp³-hybridized carbons (Fsp3) is 0.250. The molecule has 136 valence electrons. The fourth-order valence-electron chi connectivity index (χ4n) is 3.40. The summed E-state index contributed by atoms with van der Waals surface area (Å²) >= 11 is 0. The van der Waals surface area contributed by atoms with E-state index in [-0.39, 0.29) is 11.5 Å². The van der Waals surface area contributed by atoms with Crippen molar-refractivity contribution in [3.63, 3.8) is 0 Å². The van der Waals surface area contributed by atoms with Gasteiger partial charge in [0.2, 0.25) is 0 Å². The Bertz CT molecular complexity index is 1060. The summed E-state index contributed by atoms with van der Waals surface area (Å²) in [6.07, 6.45) is 0.449. The van der Waals surface area contributed by atoms with Gasteiger partial charge in [0.25, 0.3) is 0 Å². The summed E-state index contributed by atoms with van der Waals surface area (Å²) in [6, 6.07) is 11.8. The molecule has 0 unspecified atom stereocenters. The number of aromatic nitrogens is 1. The smallest absolute Gasteiger partial charge is 0.407 e. The standard InChI is InChI=1S/C20H16FN3O3/c21-16-9-13(1-2-15(16)11-22)14-3-4-18-17(10-14)23-19(27-18)12-5-7-24(8-6-12)20(25)26/h1-4,9-10,12H,5-8H2,(H,25,26). The van der Waals surface area contributed by atoms with Crippen molar-refractivity contribution in [1.82, 2.24) is 9.88 Å². The van der Waals surface area contributed by atoms with E-state index >= 15 is 0 Å². The second-order valence-corrected chi connectivity index (χ2v) is 6.58. The van der Waals surface area contributed by atoms with Gasteiger partial charge in [0.15, 0.2) is 11.5 Å². The van der Waals surface area contributed by atoms with E-state index in [0.717, 1.165) is 5.56 Å². The maximum Gasteiger partial charge on any atom is 0.407 e. The molecule has 1 aliphatic rings. The number of carboxylic acid groups (broad SMARTS) is 1. The summed E-state index contributed by atoms with van der Waals surface area (Å²) in [5.41, 5.74) is 2.77. The minimum absolute atomic E-state index is 0.0104. The Morgan fingerprint density at radius 3 is 2.59 bits per heavy atom. The topological polar surface area (TPSA) is 90.4 Å². The van der Waals surface area contributed by atoms with Crippen molar-refractivity contribution in [2.75, 3.05) is 13.1 Å². The Morgan fingerprint density at radius 1 is 1.22 bits per heavy atom. The highest BCUT2D eigenvalue weighted by molar-refractivity contribution is 5.80. The molecule has 7 heteroatoms. The molecule has 1 saturated heterocycles. The van der Waals surface area contributed by atoms with Crippen LogP contribution in [0.3, 0.4) is 0 Å². The number of nitriles is 1. The molecule has 4 rings (SSSR count). The number of halogens is 1. The molecule has 1 fully saturated rings. The number of carbonyl (C=O) groups is 1. The van der Waals surface area contributed by atoms with Gasteiger partial charge in [-0.15, -0.1) is 0 Å². The lowest BCUT2D eigenvalue weighted by atomic mass is 9.97. The maximum atomic E-state index is 13.9. The quantitative estimate of drug-likeness (QED) is 0.728. The first-order valence-electron chi connectivity index (χ1n) is 8.63. The Morgan fingerprint density at radius 2 is 1.93 bits per heavy atom. The zero-order valence-electron chi connectivity index (χ0n) is 14.4. The third-order valence-corrected chi connectivity index (χ3v) is 4.94. The second kappa shape index (κ2) is 6.72. The summed E-state index contributed by atoms with van der Waals surface area (Å²) in [5.74, 6) is 0.142. The molecule has 0 saturated carbocycles. The molecule has 6 nitrogen and oxygen atoms in total. The van der Waals surface area contributed by atoms with Gasteiger partial charge >= 0.3 is 6.09 Å². The lowest BCUT2D eigenvalue weighted by Crippen LogP contribution is -2.36. The summed E-state index contributed by atoms with van der Waals surface area (Å²) < 4.78 is 19.7. The van der Waals surface area contributed by atoms with E-state index < -0.39 is 11.9 Å². The Labute approximate surface area is 154 Å². The van der Waals surface area contributed by atoms with Crippen LogP contribution in [0.15, 0.2) is 40.8 Å². The van der Waals surface area contributed by atoms with Crippen LogP contribution in [-0.2, 0) is 0 Å². The Balaban J connectivity index is 1.60. The average molecular weight is 365 g/mol. The van der Waals surface area contributed by atoms with Gasteiger partial charge < -0.3 is 14.4 Å². The van der Waals surface area contributed by atoms with Gasteiger partial charge in [0.1, 0.15) is 17.4 Å². The summed E-state index contributed by atoms with van der Waals surface area (Å²) in [4.78, 5) is 17.0. The molecule has 0 spiro atoms. The minimum atomic E-state index is -0.898. The number of amides is 1. The van der Waals surface area contributed by atoms with E-state index in [1.54, 1.807) is 12.1 Å². The van der Waals surface area contributed by atoms with E-state index in [1.807, 2.05) is 18.2 Å². The number of hydrogen-bond donors (Lipinski definition) is 1. The molecule has 0 atom stereocenters. The molecular formula is C20H16FN3O3. The number of fused-ring (bicyclic) bond motifs is 1. The van der Waals surface area contributed by atoms with Crippen molar-refractivity contribution in [3.05, 3.63) is 53.7 Å². The third-order valence-electron chi connectivity index (χ3n) is 4.94. The van der Waals surface area contributed by atoms with E-state index in [0.29, 0.717) is 48.5 Å². The van der Waals surface area contributed by atoms with Crippen molar-refractivity contribution in [3.8, 4) is 17.2 Å². The van der Waals surface area contributed by atoms with Crippen LogP contribution in [0.25, 0.3) is 22.2 Å². The number of piperidine rings is 1. The SMILES string of the molecule is N#Cc1ccc(-c2ccc3oc(C4CCN(C(=O)O)CC4)nc3c2)cc1F. The predicted octanol–water partition coefficient (Wildman–Crippen LogP) is 4.36. The average Bonchev–Trinajstić information content (AvgIpc) is 3.11. The number of benzene rings is 2. The monoisotopic (exact) mass is 365 g/mol. The molecule has 1 N–H and O–H groups in total. The number of oxazole rings is 1. The van der Waals surface area contributed by atoms with Crippen LogP contribution in [-0.4, -0.2) is 34.2 Å². The van der Waals surface area contributed by atoms with Crippen molar-refractivity contribution >= 4 is 17.2 Å². The van der Waals surface area contributed by atoms with Gasteiger partial charge in [-0.1, -0.05) is 12.1 Å². The van der Waals surface area contributed by atoms with Gasteiger partial charge in [-0.25, -0.2) is 14.2 Å². The lowest BCUT2D eigenvalue weighted by Gasteiger charge is -2.28. The van der Waals surface area contributed by atoms with Gasteiger partial charge in [-0.3, -0.25) is 0 Å². The van der Waals surface area contributed by atoms with Crippen molar-refractivity contribution < 1.29 is 18.7 Å². The predicted molar refractivity (Wildman–Crippen MR) is 95.7 cm³/mol. The van der Waals surface area contributed by atoms with E-state index in [9.17, 15) is 9.18 Å². The summed E-state index contributed by atoms with van der Waals surface area (Å²) in [7, 11) is 0. The molecule has 2 heterocycles. The first kappa shape index (κ1) is 17.0. The molecule has 3 aromatic rings. The number of nitrogens with zero attached hydrogens (tertiary/aromatic N) is 3. The Hall–Kier alpha value is -3.40. The molecule has 0 bridgehead atoms. The third kappa shape index (κ3) is 3.22. The van der Waals surface area contributed by atoms with Crippen molar-refractivity contribution in [2.24, 2.45) is 0 Å². The molecule has 27 heavy (non-hydrogen) atoms. The molecular weight excluding hydrogens is 349 g/mol. The van der Waals surface area contributed by atoms with Gasteiger partial charge in [-0.05, 0) is 48.2 Å². The minimum Gasteiger partial charge on any atom is -0.465 e. The highest BCUT2D eigenvalue weighted by Crippen LogP contribution is 2.32. The molecule has 2 aromatic carbocycles. The first-order chi connectivity index (χ1) is 13.0. The number of rotatable bonds is 2. The number of likely N-dealkylation sites (tertiary alicyclic amines) is 1. The van der Waals surface area contributed by atoms with E-state index in [1.165, 1.54) is 17.0 Å². The zero-order valence-corrected chi connectivity index (χ0v) is 14.4. The largest absolute Gasteiger partial charge is 0.465 e. The second-order valence-electron chi connectivity index (χ2n) is 6.58. The Kier molecular flexibility index (Phi) is 4.24. The summed E-state index contributed by atoms with van der Waals surface area (Å²) in [5, 5.41) is 17.9. The molecule has 0 aliphatic carbocycles. The van der Waals surface area contributed by atoms with Crippen LogP contribution in [0.1, 0.15) is 30.2 Å². The number of hydrogen-bond acceptors (Lipinski definition) is 4. The van der Waals surface area contributed by atoms with E-state index in [2.05, 4.69) is 4.98 Å².